The van der Waals surface area contributed by atoms with Crippen molar-refractivity contribution in [1.82, 2.24) is 0 Å². The summed E-state index contributed by atoms with van der Waals surface area (Å²) in [5.41, 5.74) is 2.58. The van der Waals surface area contributed by atoms with Crippen LogP contribution in [0.5, 0.6) is 5.75 Å². The lowest BCUT2D eigenvalue weighted by molar-refractivity contribution is -0.103. The first kappa shape index (κ1) is 18.3. The maximum Gasteiger partial charge on any atom is 0.421 e. The van der Waals surface area contributed by atoms with Crippen molar-refractivity contribution < 1.29 is 14.3 Å². The van der Waals surface area contributed by atoms with Crippen LogP contribution in [0.1, 0.15) is 11.1 Å². The van der Waals surface area contributed by atoms with E-state index < -0.39 is 12.1 Å². The minimum Gasteiger partial charge on any atom is -0.410 e. The summed E-state index contributed by atoms with van der Waals surface area (Å²) in [5.74, 6) is 6.62. The van der Waals surface area contributed by atoms with E-state index in [1.165, 1.54) is 4.90 Å². The van der Waals surface area contributed by atoms with Gasteiger partial charge >= 0.3 is 6.09 Å². The second-order valence-corrected chi connectivity index (χ2v) is 6.39. The van der Waals surface area contributed by atoms with Gasteiger partial charge in [0.1, 0.15) is 11.8 Å². The van der Waals surface area contributed by atoms with Crippen LogP contribution in [0.25, 0.3) is 5.57 Å². The van der Waals surface area contributed by atoms with Crippen molar-refractivity contribution in [3.63, 3.8) is 0 Å². The Kier molecular flexibility index (Phi) is 5.22. The highest BCUT2D eigenvalue weighted by atomic mass is 16.6. The van der Waals surface area contributed by atoms with Gasteiger partial charge in [-0.15, -0.1) is 0 Å². The maximum atomic E-state index is 13.1. The zero-order valence-electron chi connectivity index (χ0n) is 15.5. The molecule has 0 fully saturated rings. The molecule has 3 aromatic carbocycles. The van der Waals surface area contributed by atoms with Gasteiger partial charge in [-0.3, -0.25) is 9.69 Å². The molecular weight excluding hydrogens is 362 g/mol. The van der Waals surface area contributed by atoms with E-state index in [0.29, 0.717) is 22.6 Å². The normalized spacial score (nSPS) is 14.7. The molecule has 0 N–H and O–H groups in total. The number of anilines is 1. The number of aldehydes is 1. The summed E-state index contributed by atoms with van der Waals surface area (Å²) >= 11 is 0. The third-order valence-electron chi connectivity index (χ3n) is 4.50. The molecule has 0 saturated heterocycles. The lowest BCUT2D eigenvalue weighted by atomic mass is 9.96. The highest BCUT2D eigenvalue weighted by Crippen LogP contribution is 2.34. The fraction of sp³-hybridized carbons (Fsp3) is 0.0400. The molecule has 1 aliphatic rings. The third kappa shape index (κ3) is 3.95. The standard InChI is InChI=1S/C25H17NO3/c27-18-20-17-21(16-15-19-9-3-1-4-10-19)26(24-14-8-7-13-23(20)24)25(28)29-22-11-5-2-6-12-22/h1-14,17-18,21H. The lowest BCUT2D eigenvalue weighted by Gasteiger charge is -2.31. The van der Waals surface area contributed by atoms with Gasteiger partial charge in [0.25, 0.3) is 0 Å². The number of ether oxygens (including phenoxy) is 1. The van der Waals surface area contributed by atoms with Crippen LogP contribution < -0.4 is 9.64 Å². The molecular formula is C25H17NO3. The Bertz CT molecular complexity index is 1120. The van der Waals surface area contributed by atoms with Crippen molar-refractivity contribution in [2.24, 2.45) is 0 Å². The number of para-hydroxylation sites is 2. The predicted molar refractivity (Wildman–Crippen MR) is 113 cm³/mol. The van der Waals surface area contributed by atoms with Crippen LogP contribution in [-0.2, 0) is 4.79 Å². The topological polar surface area (TPSA) is 46.6 Å². The first-order valence-corrected chi connectivity index (χ1v) is 9.15. The first-order valence-electron chi connectivity index (χ1n) is 9.15. The maximum absolute atomic E-state index is 13.1. The third-order valence-corrected chi connectivity index (χ3v) is 4.50. The number of rotatable bonds is 2. The fourth-order valence-corrected chi connectivity index (χ4v) is 3.15. The Labute approximate surface area is 169 Å². The smallest absolute Gasteiger partial charge is 0.410 e. The molecule has 0 radical (unpaired) electrons. The van der Waals surface area contributed by atoms with Crippen LogP contribution >= 0.6 is 0 Å². The largest absolute Gasteiger partial charge is 0.421 e. The number of hydrogen-bond donors (Lipinski definition) is 0. The van der Waals surface area contributed by atoms with E-state index in [1.54, 1.807) is 42.5 Å². The van der Waals surface area contributed by atoms with Crippen molar-refractivity contribution in [2.75, 3.05) is 4.90 Å². The summed E-state index contributed by atoms with van der Waals surface area (Å²) in [5, 5.41) is 0. The monoisotopic (exact) mass is 379 g/mol. The van der Waals surface area contributed by atoms with Gasteiger partial charge in [0, 0.05) is 16.7 Å². The molecule has 0 saturated carbocycles. The van der Waals surface area contributed by atoms with E-state index in [4.69, 9.17) is 4.74 Å². The van der Waals surface area contributed by atoms with E-state index in [1.807, 2.05) is 48.5 Å². The Morgan fingerprint density at radius 3 is 2.28 bits per heavy atom. The SMILES string of the molecule is O=CC1=CC(C#Cc2ccccc2)N(C(=O)Oc2ccccc2)c2ccccc21. The average Bonchev–Trinajstić information content (AvgIpc) is 2.78. The van der Waals surface area contributed by atoms with Gasteiger partial charge in [-0.25, -0.2) is 4.79 Å². The number of hydrogen-bond acceptors (Lipinski definition) is 3. The number of fused-ring (bicyclic) bond motifs is 1. The van der Waals surface area contributed by atoms with Crippen molar-refractivity contribution >= 4 is 23.6 Å². The molecule has 140 valence electrons. The molecule has 4 rings (SSSR count). The van der Waals surface area contributed by atoms with Crippen LogP contribution in [0.15, 0.2) is 91.0 Å². The molecule has 1 atom stereocenters. The summed E-state index contributed by atoms with van der Waals surface area (Å²) in [7, 11) is 0. The van der Waals surface area contributed by atoms with Crippen molar-refractivity contribution in [2.45, 2.75) is 6.04 Å². The van der Waals surface area contributed by atoms with Gasteiger partial charge in [-0.1, -0.05) is 66.4 Å². The number of amides is 1. The van der Waals surface area contributed by atoms with Gasteiger partial charge in [0.05, 0.1) is 5.69 Å². The van der Waals surface area contributed by atoms with Gasteiger partial charge in [-0.05, 0) is 36.4 Å². The highest BCUT2D eigenvalue weighted by molar-refractivity contribution is 6.13. The van der Waals surface area contributed by atoms with E-state index >= 15 is 0 Å². The van der Waals surface area contributed by atoms with Crippen LogP contribution in [0, 0.1) is 11.8 Å². The Hall–Kier alpha value is -4.10. The van der Waals surface area contributed by atoms with Crippen LogP contribution in [0.4, 0.5) is 10.5 Å². The van der Waals surface area contributed by atoms with E-state index in [9.17, 15) is 9.59 Å². The molecule has 3 aromatic rings. The molecule has 0 bridgehead atoms. The highest BCUT2D eigenvalue weighted by Gasteiger charge is 2.31. The summed E-state index contributed by atoms with van der Waals surface area (Å²) in [6.45, 7) is 0. The number of benzene rings is 3. The Morgan fingerprint density at radius 2 is 1.55 bits per heavy atom. The lowest BCUT2D eigenvalue weighted by Crippen LogP contribution is -2.43. The first-order chi connectivity index (χ1) is 14.3. The summed E-state index contributed by atoms with van der Waals surface area (Å²) in [4.78, 5) is 26.2. The second kappa shape index (κ2) is 8.28. The summed E-state index contributed by atoms with van der Waals surface area (Å²) in [6, 6.07) is 24.9. The van der Waals surface area contributed by atoms with Crippen molar-refractivity contribution in [1.29, 1.82) is 0 Å². The van der Waals surface area contributed by atoms with E-state index in [2.05, 4.69) is 11.8 Å². The summed E-state index contributed by atoms with van der Waals surface area (Å²) in [6.07, 6.45) is 1.92. The van der Waals surface area contributed by atoms with Gasteiger partial charge < -0.3 is 4.74 Å². The van der Waals surface area contributed by atoms with E-state index in [-0.39, 0.29) is 0 Å². The molecule has 1 heterocycles. The molecule has 4 heteroatoms. The molecule has 1 aliphatic heterocycles. The molecule has 4 nitrogen and oxygen atoms in total. The number of nitrogens with zero attached hydrogens (tertiary/aromatic N) is 1. The van der Waals surface area contributed by atoms with Gasteiger partial charge in [-0.2, -0.15) is 0 Å². The summed E-state index contributed by atoms with van der Waals surface area (Å²) < 4.78 is 5.56. The van der Waals surface area contributed by atoms with Gasteiger partial charge in [0.2, 0.25) is 0 Å². The number of carbonyl (C=O) groups is 2. The number of allylic oxidation sites excluding steroid dienone is 1. The number of carbonyl (C=O) groups excluding carboxylic acids is 2. The molecule has 1 unspecified atom stereocenters. The van der Waals surface area contributed by atoms with Gasteiger partial charge in [0.15, 0.2) is 6.29 Å². The average molecular weight is 379 g/mol. The zero-order valence-corrected chi connectivity index (χ0v) is 15.5. The van der Waals surface area contributed by atoms with Crippen molar-refractivity contribution in [3.8, 4) is 17.6 Å². The second-order valence-electron chi connectivity index (χ2n) is 6.39. The zero-order chi connectivity index (χ0) is 20.1. The van der Waals surface area contributed by atoms with Crippen molar-refractivity contribution in [3.05, 3.63) is 102 Å². The molecule has 0 aromatic heterocycles. The fourth-order valence-electron chi connectivity index (χ4n) is 3.15. The van der Waals surface area contributed by atoms with Crippen LogP contribution in [0.3, 0.4) is 0 Å². The Morgan fingerprint density at radius 1 is 0.897 bits per heavy atom. The van der Waals surface area contributed by atoms with Crippen LogP contribution in [-0.4, -0.2) is 18.4 Å². The Balaban J connectivity index is 1.75. The molecule has 0 spiro atoms. The van der Waals surface area contributed by atoms with Crippen LogP contribution in [0.2, 0.25) is 0 Å². The molecule has 0 aliphatic carbocycles. The molecule has 1 amide bonds. The minimum atomic E-state index is -0.637. The minimum absolute atomic E-state index is 0.440. The molecule has 29 heavy (non-hydrogen) atoms. The predicted octanol–water partition coefficient (Wildman–Crippen LogP) is 4.71. The van der Waals surface area contributed by atoms with E-state index in [0.717, 1.165) is 11.8 Å². The quantitative estimate of drug-likeness (QED) is 0.479.